The Bertz CT molecular complexity index is 1460. The number of hydrogen-bond acceptors (Lipinski definition) is 5. The minimum Gasteiger partial charge on any atom is -0.465 e. The summed E-state index contributed by atoms with van der Waals surface area (Å²) in [5.74, 6) is 0.667. The van der Waals surface area contributed by atoms with Crippen LogP contribution in [0.5, 0.6) is 0 Å². The van der Waals surface area contributed by atoms with Crippen molar-refractivity contribution >= 4 is 34.7 Å². The van der Waals surface area contributed by atoms with Gasteiger partial charge in [0.1, 0.15) is 17.3 Å². The topological polar surface area (TPSA) is 93.9 Å². The van der Waals surface area contributed by atoms with Crippen molar-refractivity contribution in [3.8, 4) is 28.6 Å². The van der Waals surface area contributed by atoms with E-state index in [9.17, 15) is 10.1 Å². The van der Waals surface area contributed by atoms with E-state index < -0.39 is 0 Å². The van der Waals surface area contributed by atoms with E-state index in [-0.39, 0.29) is 6.10 Å². The minimum atomic E-state index is 0.160. The van der Waals surface area contributed by atoms with E-state index in [1.165, 1.54) is 19.3 Å². The van der Waals surface area contributed by atoms with Gasteiger partial charge >= 0.3 is 0 Å². The molecule has 2 aromatic heterocycles. The highest BCUT2D eigenvalue weighted by Crippen LogP contribution is 2.43. The number of nitrogens with zero attached hydrogens (tertiary/aromatic N) is 3. The van der Waals surface area contributed by atoms with Gasteiger partial charge in [-0.25, -0.2) is 4.98 Å². The number of nitriles is 1. The lowest BCUT2D eigenvalue weighted by Crippen LogP contribution is -2.17. The molecule has 0 bridgehead atoms. The first-order valence-corrected chi connectivity index (χ1v) is 13.0. The second-order valence-corrected chi connectivity index (χ2v) is 10.2. The summed E-state index contributed by atoms with van der Waals surface area (Å²) in [4.78, 5) is 14.2. The monoisotopic (exact) mass is 512 g/mol. The number of hydrogen-bond donors (Lipinski definition) is 1. The number of nitrogen functional groups attached to an aromatic ring is 1. The van der Waals surface area contributed by atoms with E-state index in [1.54, 1.807) is 6.07 Å². The van der Waals surface area contributed by atoms with Crippen molar-refractivity contribution in [2.24, 2.45) is 5.92 Å². The first kappa shape index (κ1) is 24.9. The molecule has 6 nitrogen and oxygen atoms in total. The van der Waals surface area contributed by atoms with Crippen LogP contribution in [0.2, 0.25) is 5.15 Å². The maximum atomic E-state index is 10.0. The van der Waals surface area contributed by atoms with Crippen molar-refractivity contribution in [2.75, 3.05) is 5.73 Å². The van der Waals surface area contributed by atoms with Crippen LogP contribution in [0.3, 0.4) is 0 Å². The predicted molar refractivity (Wildman–Crippen MR) is 147 cm³/mol. The number of ether oxygens (including phenoxy) is 1. The van der Waals surface area contributed by atoms with E-state index in [0.717, 1.165) is 46.3 Å². The lowest BCUT2D eigenvalue weighted by Gasteiger charge is -2.30. The van der Waals surface area contributed by atoms with Crippen molar-refractivity contribution in [2.45, 2.75) is 51.2 Å². The van der Waals surface area contributed by atoms with Gasteiger partial charge in [0.2, 0.25) is 0 Å². The number of halogens is 1. The standard InChI is InChI=1S/C24H19ClN4.C6H10O2/c25-23-6-2-5-21(28-23)16-9-12-19-20(14-26)24(15-7-10-17(27)11-8-15)29(22(19)13-16)18-3-1-4-18;1-5(8-4-7)6-2-3-6/h2,5-13,18H,1,3-4,27H2;4-6H,2-3H2,1H3/t;5-/m.1/s1. The Kier molecular flexibility index (Phi) is 7.16. The van der Waals surface area contributed by atoms with Crippen molar-refractivity contribution in [3.05, 3.63) is 71.4 Å². The number of carbonyl (C=O) groups is 1. The molecule has 2 fully saturated rings. The van der Waals surface area contributed by atoms with Crippen LogP contribution in [0.1, 0.15) is 50.6 Å². The fourth-order valence-electron chi connectivity index (χ4n) is 4.87. The highest BCUT2D eigenvalue weighted by molar-refractivity contribution is 6.29. The fourth-order valence-corrected chi connectivity index (χ4v) is 5.03. The Hall–Kier alpha value is -3.82. The Morgan fingerprint density at radius 3 is 2.43 bits per heavy atom. The molecule has 188 valence electrons. The number of nitrogens with two attached hydrogens (primary N) is 1. The number of pyridine rings is 1. The van der Waals surface area contributed by atoms with E-state index in [2.05, 4.69) is 26.4 Å². The van der Waals surface area contributed by atoms with Gasteiger partial charge in [-0.05, 0) is 80.8 Å². The number of rotatable bonds is 6. The zero-order valence-corrected chi connectivity index (χ0v) is 21.5. The number of carbonyl (C=O) groups excluding carboxylic acids is 1. The molecule has 4 aromatic rings. The van der Waals surface area contributed by atoms with E-state index in [4.69, 9.17) is 17.3 Å². The minimum absolute atomic E-state index is 0.160. The zero-order chi connectivity index (χ0) is 25.9. The molecule has 0 radical (unpaired) electrons. The van der Waals surface area contributed by atoms with E-state index in [0.29, 0.717) is 34.8 Å². The molecule has 2 heterocycles. The Balaban J connectivity index is 0.000000301. The summed E-state index contributed by atoms with van der Waals surface area (Å²) in [5.41, 5.74) is 12.2. The van der Waals surface area contributed by atoms with Gasteiger partial charge < -0.3 is 15.0 Å². The van der Waals surface area contributed by atoms with Crippen molar-refractivity contribution in [3.63, 3.8) is 0 Å². The molecule has 0 aliphatic heterocycles. The van der Waals surface area contributed by atoms with Gasteiger partial charge in [-0.2, -0.15) is 5.26 Å². The van der Waals surface area contributed by atoms with Crippen LogP contribution < -0.4 is 5.73 Å². The number of aromatic nitrogens is 2. The van der Waals surface area contributed by atoms with Crippen molar-refractivity contribution in [1.82, 2.24) is 9.55 Å². The molecule has 2 aliphatic carbocycles. The third kappa shape index (κ3) is 5.19. The summed E-state index contributed by atoms with van der Waals surface area (Å²) in [5, 5.41) is 11.5. The first-order chi connectivity index (χ1) is 18.0. The summed E-state index contributed by atoms with van der Waals surface area (Å²) < 4.78 is 7.03. The van der Waals surface area contributed by atoms with Gasteiger partial charge in [-0.15, -0.1) is 0 Å². The van der Waals surface area contributed by atoms with Gasteiger partial charge in [-0.1, -0.05) is 41.9 Å². The average molecular weight is 513 g/mol. The van der Waals surface area contributed by atoms with E-state index in [1.807, 2.05) is 55.5 Å². The summed E-state index contributed by atoms with van der Waals surface area (Å²) in [6.07, 6.45) is 6.08. The highest BCUT2D eigenvalue weighted by Gasteiger charge is 2.29. The highest BCUT2D eigenvalue weighted by atomic mass is 35.5. The molecule has 2 N–H and O–H groups in total. The lowest BCUT2D eigenvalue weighted by atomic mass is 9.92. The quantitative estimate of drug-likeness (QED) is 0.168. The largest absolute Gasteiger partial charge is 0.465 e. The van der Waals surface area contributed by atoms with Crippen LogP contribution in [-0.4, -0.2) is 22.1 Å². The third-order valence-electron chi connectivity index (χ3n) is 7.31. The number of anilines is 1. The fraction of sp³-hybridized carbons (Fsp3) is 0.300. The Labute approximate surface area is 221 Å². The first-order valence-electron chi connectivity index (χ1n) is 12.7. The van der Waals surface area contributed by atoms with Crippen molar-refractivity contribution in [1.29, 1.82) is 5.26 Å². The average Bonchev–Trinajstić information content (AvgIpc) is 3.68. The summed E-state index contributed by atoms with van der Waals surface area (Å²) >= 11 is 6.10. The van der Waals surface area contributed by atoms with Crippen LogP contribution in [0.15, 0.2) is 60.7 Å². The van der Waals surface area contributed by atoms with Crippen LogP contribution in [0.4, 0.5) is 5.69 Å². The van der Waals surface area contributed by atoms with Crippen LogP contribution in [0, 0.1) is 17.2 Å². The molecule has 7 heteroatoms. The second-order valence-electron chi connectivity index (χ2n) is 9.76. The molecule has 6 rings (SSSR count). The van der Waals surface area contributed by atoms with Crippen LogP contribution in [-0.2, 0) is 9.53 Å². The van der Waals surface area contributed by atoms with Crippen molar-refractivity contribution < 1.29 is 9.53 Å². The van der Waals surface area contributed by atoms with Gasteiger partial charge in [0.05, 0.1) is 22.5 Å². The molecule has 37 heavy (non-hydrogen) atoms. The molecular weight excluding hydrogens is 484 g/mol. The Morgan fingerprint density at radius 1 is 1.11 bits per heavy atom. The molecule has 0 unspecified atom stereocenters. The maximum Gasteiger partial charge on any atom is 0.293 e. The summed E-state index contributed by atoms with van der Waals surface area (Å²) in [6.45, 7) is 2.47. The van der Waals surface area contributed by atoms with Gasteiger partial charge in [0.25, 0.3) is 6.47 Å². The third-order valence-corrected chi connectivity index (χ3v) is 7.52. The summed E-state index contributed by atoms with van der Waals surface area (Å²) in [6, 6.07) is 22.4. The molecule has 2 aromatic carbocycles. The maximum absolute atomic E-state index is 10.0. The van der Waals surface area contributed by atoms with Gasteiger partial charge in [0, 0.05) is 22.7 Å². The summed E-state index contributed by atoms with van der Waals surface area (Å²) in [7, 11) is 0. The lowest BCUT2D eigenvalue weighted by molar-refractivity contribution is -0.133. The second kappa shape index (κ2) is 10.7. The smallest absolute Gasteiger partial charge is 0.293 e. The van der Waals surface area contributed by atoms with Crippen LogP contribution >= 0.6 is 11.6 Å². The molecule has 2 aliphatic rings. The Morgan fingerprint density at radius 2 is 1.84 bits per heavy atom. The van der Waals surface area contributed by atoms with E-state index >= 15 is 0 Å². The molecular formula is C30H29ClN4O2. The van der Waals surface area contributed by atoms with Gasteiger partial charge in [0.15, 0.2) is 0 Å². The number of benzene rings is 2. The zero-order valence-electron chi connectivity index (χ0n) is 20.7. The molecule has 1 atom stereocenters. The van der Waals surface area contributed by atoms with Crippen LogP contribution in [0.25, 0.3) is 33.4 Å². The molecule has 0 saturated heterocycles. The van der Waals surface area contributed by atoms with Gasteiger partial charge in [-0.3, -0.25) is 4.79 Å². The SMILES string of the molecule is C[C@@H](OC=O)C1CC1.N#Cc1c(-c2ccc(N)cc2)n(C2CCC2)c2cc(-c3cccc(Cl)n3)ccc12. The molecule has 0 spiro atoms. The normalized spacial score (nSPS) is 15.7. The molecule has 0 amide bonds. The molecule has 2 saturated carbocycles. The predicted octanol–water partition coefficient (Wildman–Crippen LogP) is 7.16. The number of fused-ring (bicyclic) bond motifs is 1.